The van der Waals surface area contributed by atoms with Crippen LogP contribution < -0.4 is 10.1 Å². The van der Waals surface area contributed by atoms with Crippen molar-refractivity contribution in [2.45, 2.75) is 39.5 Å². The number of hydrogen-bond donors (Lipinski definition) is 1. The summed E-state index contributed by atoms with van der Waals surface area (Å²) >= 11 is 0. The summed E-state index contributed by atoms with van der Waals surface area (Å²) in [5.41, 5.74) is 1.27. The topological polar surface area (TPSA) is 58.6 Å². The number of likely N-dealkylation sites (tertiary alicyclic amines) is 1. The van der Waals surface area contributed by atoms with Gasteiger partial charge in [-0.3, -0.25) is 9.59 Å². The van der Waals surface area contributed by atoms with E-state index in [1.807, 2.05) is 30.9 Å². The summed E-state index contributed by atoms with van der Waals surface area (Å²) in [7, 11) is 1.68. The maximum Gasteiger partial charge on any atom is 0.241 e. The van der Waals surface area contributed by atoms with Crippen molar-refractivity contribution in [1.82, 2.24) is 10.2 Å². The SMILES string of the molecule is COc1cccc(CC[C@H]2CCCN(C(=O)CNC(=O)C(C)C)C2)c1. The quantitative estimate of drug-likeness (QED) is 0.826. The molecule has 0 radical (unpaired) electrons. The van der Waals surface area contributed by atoms with E-state index in [1.54, 1.807) is 7.11 Å². The number of rotatable bonds is 7. The Morgan fingerprint density at radius 1 is 1.36 bits per heavy atom. The van der Waals surface area contributed by atoms with Crippen LogP contribution >= 0.6 is 0 Å². The number of benzene rings is 1. The lowest BCUT2D eigenvalue weighted by atomic mass is 9.91. The molecule has 25 heavy (non-hydrogen) atoms. The van der Waals surface area contributed by atoms with E-state index in [0.717, 1.165) is 44.5 Å². The lowest BCUT2D eigenvalue weighted by Gasteiger charge is -2.33. The van der Waals surface area contributed by atoms with Crippen molar-refractivity contribution in [2.75, 3.05) is 26.7 Å². The molecule has 138 valence electrons. The summed E-state index contributed by atoms with van der Waals surface area (Å²) in [4.78, 5) is 25.8. The molecule has 0 bridgehead atoms. The maximum absolute atomic E-state index is 12.3. The first-order valence-corrected chi connectivity index (χ1v) is 9.18. The van der Waals surface area contributed by atoms with Crippen molar-refractivity contribution in [3.63, 3.8) is 0 Å². The minimum Gasteiger partial charge on any atom is -0.497 e. The standard InChI is InChI=1S/C20H30N2O3/c1-15(2)20(24)21-13-19(23)22-11-5-7-17(14-22)10-9-16-6-4-8-18(12-16)25-3/h4,6,8,12,15,17H,5,7,9-11,13-14H2,1-3H3,(H,21,24)/t17-/m1/s1. The normalized spacial score (nSPS) is 17.4. The Morgan fingerprint density at radius 2 is 2.16 bits per heavy atom. The Labute approximate surface area is 150 Å². The number of aryl methyl sites for hydroxylation is 1. The summed E-state index contributed by atoms with van der Waals surface area (Å²) in [6, 6.07) is 8.17. The van der Waals surface area contributed by atoms with Gasteiger partial charge in [0.15, 0.2) is 0 Å². The molecule has 1 atom stereocenters. The van der Waals surface area contributed by atoms with Gasteiger partial charge in [-0.2, -0.15) is 0 Å². The summed E-state index contributed by atoms with van der Waals surface area (Å²) in [5.74, 6) is 1.27. The van der Waals surface area contributed by atoms with Crippen LogP contribution in [0.5, 0.6) is 5.75 Å². The van der Waals surface area contributed by atoms with E-state index < -0.39 is 0 Å². The van der Waals surface area contributed by atoms with Gasteiger partial charge >= 0.3 is 0 Å². The van der Waals surface area contributed by atoms with Gasteiger partial charge in [-0.05, 0) is 49.3 Å². The molecule has 1 fully saturated rings. The Morgan fingerprint density at radius 3 is 2.88 bits per heavy atom. The molecule has 5 nitrogen and oxygen atoms in total. The van der Waals surface area contributed by atoms with Crippen molar-refractivity contribution < 1.29 is 14.3 Å². The van der Waals surface area contributed by atoms with Crippen LogP contribution in [0.1, 0.15) is 38.7 Å². The Kier molecular flexibility index (Phi) is 7.29. The van der Waals surface area contributed by atoms with Crippen molar-refractivity contribution in [3.8, 4) is 5.75 Å². The Bertz CT molecular complexity index is 586. The van der Waals surface area contributed by atoms with E-state index in [4.69, 9.17) is 4.74 Å². The van der Waals surface area contributed by atoms with Crippen molar-refractivity contribution in [3.05, 3.63) is 29.8 Å². The van der Waals surface area contributed by atoms with Crippen LogP contribution in [0.25, 0.3) is 0 Å². The Hall–Kier alpha value is -2.04. The van der Waals surface area contributed by atoms with E-state index in [1.165, 1.54) is 5.56 Å². The van der Waals surface area contributed by atoms with Crippen LogP contribution in [0.2, 0.25) is 0 Å². The molecule has 0 spiro atoms. The number of carbonyl (C=O) groups excluding carboxylic acids is 2. The average molecular weight is 346 g/mol. The van der Waals surface area contributed by atoms with Crippen LogP contribution in [0.4, 0.5) is 0 Å². The first kappa shape index (κ1) is 19.3. The van der Waals surface area contributed by atoms with E-state index >= 15 is 0 Å². The van der Waals surface area contributed by atoms with Gasteiger partial charge in [0, 0.05) is 19.0 Å². The third-order valence-corrected chi connectivity index (χ3v) is 4.79. The van der Waals surface area contributed by atoms with E-state index in [0.29, 0.717) is 5.92 Å². The summed E-state index contributed by atoms with van der Waals surface area (Å²) in [5, 5.41) is 2.72. The van der Waals surface area contributed by atoms with E-state index in [9.17, 15) is 9.59 Å². The number of hydrogen-bond acceptors (Lipinski definition) is 3. The summed E-state index contributed by atoms with van der Waals surface area (Å²) in [6.07, 6.45) is 4.25. The monoisotopic (exact) mass is 346 g/mol. The zero-order valence-electron chi connectivity index (χ0n) is 15.6. The molecular weight excluding hydrogens is 316 g/mol. The van der Waals surface area contributed by atoms with Gasteiger partial charge in [0.2, 0.25) is 11.8 Å². The number of piperidine rings is 1. The zero-order valence-corrected chi connectivity index (χ0v) is 15.6. The molecular formula is C20H30N2O3. The minimum absolute atomic E-state index is 0.0279. The second-order valence-electron chi connectivity index (χ2n) is 7.11. The molecule has 0 unspecified atom stereocenters. The molecule has 1 heterocycles. The van der Waals surface area contributed by atoms with Crippen molar-refractivity contribution in [2.24, 2.45) is 11.8 Å². The zero-order chi connectivity index (χ0) is 18.2. The third kappa shape index (κ3) is 6.07. The van der Waals surface area contributed by atoms with Crippen LogP contribution in [-0.4, -0.2) is 43.5 Å². The largest absolute Gasteiger partial charge is 0.497 e. The van der Waals surface area contributed by atoms with Crippen LogP contribution in [0.15, 0.2) is 24.3 Å². The van der Waals surface area contributed by atoms with Crippen molar-refractivity contribution >= 4 is 11.8 Å². The second kappa shape index (κ2) is 9.44. The highest BCUT2D eigenvalue weighted by Crippen LogP contribution is 2.23. The van der Waals surface area contributed by atoms with Gasteiger partial charge in [0.25, 0.3) is 0 Å². The molecule has 2 rings (SSSR count). The molecule has 1 aromatic carbocycles. The maximum atomic E-state index is 12.3. The van der Waals surface area contributed by atoms with Crippen molar-refractivity contribution in [1.29, 1.82) is 0 Å². The molecule has 1 aliphatic rings. The fraction of sp³-hybridized carbons (Fsp3) is 0.600. The van der Waals surface area contributed by atoms with E-state index in [2.05, 4.69) is 17.4 Å². The van der Waals surface area contributed by atoms with Crippen LogP contribution in [0, 0.1) is 11.8 Å². The number of methoxy groups -OCH3 is 1. The highest BCUT2D eigenvalue weighted by atomic mass is 16.5. The third-order valence-electron chi connectivity index (χ3n) is 4.79. The number of nitrogens with one attached hydrogen (secondary N) is 1. The first-order chi connectivity index (χ1) is 12.0. The van der Waals surface area contributed by atoms with Crippen LogP contribution in [-0.2, 0) is 16.0 Å². The molecule has 0 saturated carbocycles. The minimum atomic E-state index is -0.0928. The predicted octanol–water partition coefficient (Wildman–Crippen LogP) is 2.64. The fourth-order valence-electron chi connectivity index (χ4n) is 3.20. The lowest BCUT2D eigenvalue weighted by molar-refractivity contribution is -0.135. The second-order valence-corrected chi connectivity index (χ2v) is 7.11. The number of ether oxygens (including phenoxy) is 1. The highest BCUT2D eigenvalue weighted by Gasteiger charge is 2.23. The van der Waals surface area contributed by atoms with Crippen LogP contribution in [0.3, 0.4) is 0 Å². The summed E-state index contributed by atoms with van der Waals surface area (Å²) < 4.78 is 5.27. The van der Waals surface area contributed by atoms with Gasteiger partial charge in [-0.1, -0.05) is 26.0 Å². The molecule has 1 aromatic rings. The summed E-state index contributed by atoms with van der Waals surface area (Å²) in [6.45, 7) is 5.36. The van der Waals surface area contributed by atoms with Gasteiger partial charge in [0.05, 0.1) is 13.7 Å². The van der Waals surface area contributed by atoms with Gasteiger partial charge in [0.1, 0.15) is 5.75 Å². The van der Waals surface area contributed by atoms with Gasteiger partial charge in [-0.25, -0.2) is 0 Å². The van der Waals surface area contributed by atoms with Gasteiger partial charge < -0.3 is 15.0 Å². The fourth-order valence-corrected chi connectivity index (χ4v) is 3.20. The molecule has 1 aliphatic heterocycles. The Balaban J connectivity index is 1.79. The molecule has 2 amide bonds. The average Bonchev–Trinajstić information content (AvgIpc) is 2.64. The molecule has 1 N–H and O–H groups in total. The lowest BCUT2D eigenvalue weighted by Crippen LogP contribution is -2.45. The number of nitrogens with zero attached hydrogens (tertiary/aromatic N) is 1. The molecule has 0 aliphatic carbocycles. The van der Waals surface area contributed by atoms with E-state index in [-0.39, 0.29) is 24.3 Å². The molecule has 1 saturated heterocycles. The molecule has 5 heteroatoms. The number of amides is 2. The van der Waals surface area contributed by atoms with Gasteiger partial charge in [-0.15, -0.1) is 0 Å². The predicted molar refractivity (Wildman–Crippen MR) is 98.5 cm³/mol. The smallest absolute Gasteiger partial charge is 0.241 e. The first-order valence-electron chi connectivity index (χ1n) is 9.18. The molecule has 0 aromatic heterocycles. The highest BCUT2D eigenvalue weighted by molar-refractivity contribution is 5.85. The number of carbonyl (C=O) groups is 2.